The summed E-state index contributed by atoms with van der Waals surface area (Å²) in [6.45, 7) is 14.8. The Kier molecular flexibility index (Phi) is 2.22. The molecule has 0 amide bonds. The second kappa shape index (κ2) is 3.16. The Bertz CT molecular complexity index is 244. The summed E-state index contributed by atoms with van der Waals surface area (Å²) in [4.78, 5) is 4.82. The third-order valence-corrected chi connectivity index (χ3v) is 3.19. The van der Waals surface area contributed by atoms with Gasteiger partial charge in [-0.3, -0.25) is 4.90 Å². The van der Waals surface area contributed by atoms with Crippen LogP contribution >= 0.6 is 0 Å². The lowest BCUT2D eigenvalue weighted by Crippen LogP contribution is -2.56. The van der Waals surface area contributed by atoms with Gasteiger partial charge in [0.15, 0.2) is 5.88 Å². The SMILES string of the molecule is C=C1OCC2CN(C(C)(C)C)CCN12. The normalized spacial score (nSPS) is 28.9. The van der Waals surface area contributed by atoms with Gasteiger partial charge >= 0.3 is 0 Å². The summed E-state index contributed by atoms with van der Waals surface area (Å²) in [5.41, 5.74) is 0.274. The van der Waals surface area contributed by atoms with Crippen molar-refractivity contribution in [3.05, 3.63) is 12.5 Å². The molecular weight excluding hydrogens is 176 g/mol. The van der Waals surface area contributed by atoms with Crippen LogP contribution in [-0.4, -0.2) is 47.6 Å². The molecule has 3 nitrogen and oxygen atoms in total. The molecule has 2 rings (SSSR count). The first-order valence-electron chi connectivity index (χ1n) is 5.32. The summed E-state index contributed by atoms with van der Waals surface area (Å²) in [5, 5.41) is 0. The summed E-state index contributed by atoms with van der Waals surface area (Å²) in [5.74, 6) is 0.864. The zero-order chi connectivity index (χ0) is 10.3. The Morgan fingerprint density at radius 1 is 1.36 bits per heavy atom. The van der Waals surface area contributed by atoms with E-state index in [1.807, 2.05) is 0 Å². The molecule has 0 saturated carbocycles. The van der Waals surface area contributed by atoms with Crippen molar-refractivity contribution < 1.29 is 4.74 Å². The first kappa shape index (κ1) is 9.84. The van der Waals surface area contributed by atoms with Crippen molar-refractivity contribution in [3.8, 4) is 0 Å². The highest BCUT2D eigenvalue weighted by Crippen LogP contribution is 2.26. The Morgan fingerprint density at radius 3 is 2.71 bits per heavy atom. The van der Waals surface area contributed by atoms with E-state index in [9.17, 15) is 0 Å². The highest BCUT2D eigenvalue weighted by Gasteiger charge is 2.37. The quantitative estimate of drug-likeness (QED) is 0.580. The average Bonchev–Trinajstić information content (AvgIpc) is 2.46. The molecule has 0 bridgehead atoms. The molecule has 0 N–H and O–H groups in total. The van der Waals surface area contributed by atoms with E-state index in [1.165, 1.54) is 0 Å². The Balaban J connectivity index is 2.03. The van der Waals surface area contributed by atoms with Crippen LogP contribution in [0.1, 0.15) is 20.8 Å². The monoisotopic (exact) mass is 196 g/mol. The van der Waals surface area contributed by atoms with E-state index in [0.29, 0.717) is 6.04 Å². The lowest BCUT2D eigenvalue weighted by atomic mass is 10.0. The molecule has 1 unspecified atom stereocenters. The Labute approximate surface area is 86.3 Å². The second-order valence-corrected chi connectivity index (χ2v) is 5.17. The molecule has 2 fully saturated rings. The van der Waals surface area contributed by atoms with E-state index in [4.69, 9.17) is 4.74 Å². The predicted octanol–water partition coefficient (Wildman–Crippen LogP) is 1.27. The van der Waals surface area contributed by atoms with Gasteiger partial charge in [0.2, 0.25) is 0 Å². The molecule has 1 atom stereocenters. The first-order valence-corrected chi connectivity index (χ1v) is 5.32. The van der Waals surface area contributed by atoms with E-state index in [2.05, 4.69) is 37.1 Å². The number of piperazine rings is 1. The summed E-state index contributed by atoms with van der Waals surface area (Å²) < 4.78 is 5.47. The molecule has 0 aromatic carbocycles. The van der Waals surface area contributed by atoms with Gasteiger partial charge in [0, 0.05) is 25.2 Å². The van der Waals surface area contributed by atoms with Crippen LogP contribution in [0.2, 0.25) is 0 Å². The van der Waals surface area contributed by atoms with Crippen LogP contribution in [0.3, 0.4) is 0 Å². The van der Waals surface area contributed by atoms with Crippen molar-refractivity contribution in [2.24, 2.45) is 0 Å². The maximum Gasteiger partial charge on any atom is 0.182 e. The summed E-state index contributed by atoms with van der Waals surface area (Å²) in [7, 11) is 0. The van der Waals surface area contributed by atoms with Crippen LogP contribution in [0, 0.1) is 0 Å². The second-order valence-electron chi connectivity index (χ2n) is 5.17. The van der Waals surface area contributed by atoms with Gasteiger partial charge in [0.1, 0.15) is 6.61 Å². The van der Waals surface area contributed by atoms with E-state index >= 15 is 0 Å². The molecule has 0 aromatic rings. The highest BCUT2D eigenvalue weighted by atomic mass is 16.5. The number of hydrogen-bond donors (Lipinski definition) is 0. The molecule has 0 aromatic heterocycles. The predicted molar refractivity (Wildman–Crippen MR) is 56.9 cm³/mol. The number of ether oxygens (including phenoxy) is 1. The van der Waals surface area contributed by atoms with Gasteiger partial charge in [-0.1, -0.05) is 0 Å². The molecule has 14 heavy (non-hydrogen) atoms. The molecule has 2 heterocycles. The number of rotatable bonds is 0. The van der Waals surface area contributed by atoms with Crippen molar-refractivity contribution in [1.82, 2.24) is 9.80 Å². The van der Waals surface area contributed by atoms with Crippen LogP contribution in [0.4, 0.5) is 0 Å². The summed E-state index contributed by atoms with van der Waals surface area (Å²) in [6.07, 6.45) is 0. The van der Waals surface area contributed by atoms with E-state index in [1.54, 1.807) is 0 Å². The third-order valence-electron chi connectivity index (χ3n) is 3.19. The molecule has 2 aliphatic heterocycles. The van der Waals surface area contributed by atoms with Crippen molar-refractivity contribution >= 4 is 0 Å². The van der Waals surface area contributed by atoms with Crippen LogP contribution in [0.15, 0.2) is 12.5 Å². The zero-order valence-electron chi connectivity index (χ0n) is 9.42. The minimum absolute atomic E-state index is 0.274. The molecule has 0 aliphatic carbocycles. The minimum Gasteiger partial charge on any atom is -0.477 e. The Hall–Kier alpha value is -0.700. The molecule has 0 spiro atoms. The topological polar surface area (TPSA) is 15.7 Å². The maximum absolute atomic E-state index is 5.47. The van der Waals surface area contributed by atoms with Crippen LogP contribution in [0.5, 0.6) is 0 Å². The summed E-state index contributed by atoms with van der Waals surface area (Å²) >= 11 is 0. The fraction of sp³-hybridized carbons (Fsp3) is 0.818. The van der Waals surface area contributed by atoms with Gasteiger partial charge in [0.05, 0.1) is 6.04 Å². The van der Waals surface area contributed by atoms with Gasteiger partial charge in [-0.15, -0.1) is 0 Å². The van der Waals surface area contributed by atoms with E-state index in [0.717, 1.165) is 32.1 Å². The number of hydrogen-bond acceptors (Lipinski definition) is 3. The summed E-state index contributed by atoms with van der Waals surface area (Å²) in [6, 6.07) is 0.524. The van der Waals surface area contributed by atoms with Crippen LogP contribution in [0.25, 0.3) is 0 Å². The van der Waals surface area contributed by atoms with Crippen molar-refractivity contribution in [2.45, 2.75) is 32.4 Å². The van der Waals surface area contributed by atoms with Crippen molar-refractivity contribution in [3.63, 3.8) is 0 Å². The Morgan fingerprint density at radius 2 is 2.07 bits per heavy atom. The van der Waals surface area contributed by atoms with E-state index in [-0.39, 0.29) is 5.54 Å². The number of fused-ring (bicyclic) bond motifs is 1. The third kappa shape index (κ3) is 1.61. The number of nitrogens with zero attached hydrogens (tertiary/aromatic N) is 2. The molecule has 2 aliphatic rings. The lowest BCUT2D eigenvalue weighted by Gasteiger charge is -2.43. The van der Waals surface area contributed by atoms with Gasteiger partial charge < -0.3 is 9.64 Å². The fourth-order valence-corrected chi connectivity index (χ4v) is 2.21. The van der Waals surface area contributed by atoms with Gasteiger partial charge in [-0.2, -0.15) is 0 Å². The molecular formula is C11H20N2O. The lowest BCUT2D eigenvalue weighted by molar-refractivity contribution is 0.0543. The van der Waals surface area contributed by atoms with Crippen LogP contribution in [-0.2, 0) is 4.74 Å². The van der Waals surface area contributed by atoms with Crippen molar-refractivity contribution in [1.29, 1.82) is 0 Å². The molecule has 0 radical (unpaired) electrons. The zero-order valence-corrected chi connectivity index (χ0v) is 9.42. The standard InChI is InChI=1S/C11H20N2O/c1-9-13-6-5-12(11(2,3)4)7-10(13)8-14-9/h10H,1,5-8H2,2-4H3. The minimum atomic E-state index is 0.274. The smallest absolute Gasteiger partial charge is 0.182 e. The van der Waals surface area contributed by atoms with E-state index < -0.39 is 0 Å². The highest BCUT2D eigenvalue weighted by molar-refractivity contribution is 5.00. The molecule has 3 heteroatoms. The van der Waals surface area contributed by atoms with Crippen LogP contribution < -0.4 is 0 Å². The van der Waals surface area contributed by atoms with Gasteiger partial charge in [-0.05, 0) is 27.4 Å². The molecule has 80 valence electrons. The van der Waals surface area contributed by atoms with Gasteiger partial charge in [0.25, 0.3) is 0 Å². The van der Waals surface area contributed by atoms with Gasteiger partial charge in [-0.25, -0.2) is 0 Å². The maximum atomic E-state index is 5.47. The molecule has 2 saturated heterocycles. The first-order chi connectivity index (χ1) is 6.48. The fourth-order valence-electron chi connectivity index (χ4n) is 2.21. The average molecular weight is 196 g/mol. The largest absolute Gasteiger partial charge is 0.477 e. The van der Waals surface area contributed by atoms with Crippen molar-refractivity contribution in [2.75, 3.05) is 26.2 Å².